The quantitative estimate of drug-likeness (QED) is 0.287. The van der Waals surface area contributed by atoms with E-state index in [0.717, 1.165) is 38.8 Å². The van der Waals surface area contributed by atoms with E-state index < -0.39 is 0 Å². The molecule has 5 heteroatoms. The van der Waals surface area contributed by atoms with Gasteiger partial charge in [0.2, 0.25) is 11.8 Å². The van der Waals surface area contributed by atoms with Gasteiger partial charge in [0.15, 0.2) is 0 Å². The van der Waals surface area contributed by atoms with E-state index in [1.807, 2.05) is 4.90 Å². The molecule has 35 heavy (non-hydrogen) atoms. The molecule has 4 aliphatic rings. The number of hydrogen-bond donors (Lipinski definition) is 1. The number of nitrogens with zero attached hydrogens (tertiary/aromatic N) is 1. The maximum Gasteiger partial charge on any atom is 0.225 e. The summed E-state index contributed by atoms with van der Waals surface area (Å²) in [5.74, 6) is 1.78. The molecule has 2 unspecified atom stereocenters. The van der Waals surface area contributed by atoms with E-state index in [9.17, 15) is 9.59 Å². The number of allylic oxidation sites excluding steroid dienone is 5. The molecule has 2 bridgehead atoms. The fraction of sp³-hybridized carbons (Fsp3) is 0.667. The third-order valence-corrected chi connectivity index (χ3v) is 7.94. The van der Waals surface area contributed by atoms with Crippen molar-refractivity contribution >= 4 is 23.6 Å². The normalized spacial score (nSPS) is 23.9. The van der Waals surface area contributed by atoms with E-state index in [4.69, 9.17) is 0 Å². The zero-order valence-corrected chi connectivity index (χ0v) is 23.9. The van der Waals surface area contributed by atoms with Gasteiger partial charge in [-0.05, 0) is 84.0 Å². The molecule has 2 aliphatic heterocycles. The second-order valence-electron chi connectivity index (χ2n) is 10.5. The number of fused-ring (bicyclic) bond motifs is 2. The van der Waals surface area contributed by atoms with Crippen LogP contribution >= 0.6 is 11.8 Å². The molecule has 0 aromatic heterocycles. The van der Waals surface area contributed by atoms with Gasteiger partial charge in [0.25, 0.3) is 0 Å². The van der Waals surface area contributed by atoms with Crippen LogP contribution in [0, 0.1) is 36.5 Å². The first-order valence-corrected chi connectivity index (χ1v) is 14.4. The number of rotatable bonds is 9. The van der Waals surface area contributed by atoms with Crippen molar-refractivity contribution in [3.63, 3.8) is 0 Å². The molecule has 0 spiro atoms. The van der Waals surface area contributed by atoms with Crippen LogP contribution in [0.3, 0.4) is 0 Å². The molecule has 2 saturated heterocycles. The molecule has 2 amide bonds. The van der Waals surface area contributed by atoms with E-state index in [1.165, 1.54) is 23.3 Å². The van der Waals surface area contributed by atoms with Crippen molar-refractivity contribution in [3.05, 3.63) is 34.8 Å². The number of hydrogen-bond acceptors (Lipinski definition) is 3. The van der Waals surface area contributed by atoms with Crippen LogP contribution in [-0.4, -0.2) is 41.6 Å². The first-order valence-electron chi connectivity index (χ1n) is 13.1. The number of nitrogens with one attached hydrogen (secondary N) is 1. The Kier molecular flexibility index (Phi) is 13.5. The van der Waals surface area contributed by atoms with Gasteiger partial charge in [0.1, 0.15) is 0 Å². The summed E-state index contributed by atoms with van der Waals surface area (Å²) in [5, 5.41) is 3.17. The van der Waals surface area contributed by atoms with Crippen LogP contribution in [-0.2, 0) is 9.59 Å². The second-order valence-corrected chi connectivity index (χ2v) is 11.4. The Balaban J connectivity index is 0.000000357. The average molecular weight is 501 g/mol. The van der Waals surface area contributed by atoms with Crippen LogP contribution < -0.4 is 5.32 Å². The topological polar surface area (TPSA) is 49.4 Å². The minimum Gasteiger partial charge on any atom is -0.351 e. The van der Waals surface area contributed by atoms with Crippen molar-refractivity contribution in [2.45, 2.75) is 85.6 Å². The molecule has 2 aliphatic carbocycles. The van der Waals surface area contributed by atoms with Crippen LogP contribution in [0.5, 0.6) is 0 Å². The predicted octanol–water partition coefficient (Wildman–Crippen LogP) is 6.60. The van der Waals surface area contributed by atoms with Gasteiger partial charge in [-0.25, -0.2) is 0 Å². The van der Waals surface area contributed by atoms with Crippen molar-refractivity contribution in [2.75, 3.05) is 19.3 Å². The summed E-state index contributed by atoms with van der Waals surface area (Å²) < 4.78 is 0. The Morgan fingerprint density at radius 3 is 2.20 bits per heavy atom. The molecule has 2 heterocycles. The van der Waals surface area contributed by atoms with Gasteiger partial charge in [-0.2, -0.15) is 0 Å². The summed E-state index contributed by atoms with van der Waals surface area (Å²) in [4.78, 5) is 27.9. The third kappa shape index (κ3) is 9.92. The number of unbranched alkanes of at least 4 members (excludes halogenated alkanes) is 1. The SMILES string of the molecule is C#C.C/C=C(C)/C=C(\C=C/CCC)SC.CCC(C)(C)NC(=O)C1C2CC1CN(C(=O)C1CC1)C2. The summed E-state index contributed by atoms with van der Waals surface area (Å²) in [6, 6.07) is 0. The number of piperidine rings is 2. The van der Waals surface area contributed by atoms with E-state index >= 15 is 0 Å². The molecule has 4 fully saturated rings. The Labute approximate surface area is 219 Å². The molecule has 2 atom stereocenters. The summed E-state index contributed by atoms with van der Waals surface area (Å²) in [7, 11) is 0. The highest BCUT2D eigenvalue weighted by Crippen LogP contribution is 2.47. The average Bonchev–Trinajstić information content (AvgIpc) is 3.69. The molecule has 4 rings (SSSR count). The molecular weight excluding hydrogens is 452 g/mol. The summed E-state index contributed by atoms with van der Waals surface area (Å²) >= 11 is 1.80. The third-order valence-electron chi connectivity index (χ3n) is 7.22. The van der Waals surface area contributed by atoms with Gasteiger partial charge in [-0.15, -0.1) is 24.6 Å². The summed E-state index contributed by atoms with van der Waals surface area (Å²) in [5.41, 5.74) is 1.20. The number of terminal acetylenes is 1. The van der Waals surface area contributed by atoms with Crippen LogP contribution in [0.15, 0.2) is 34.8 Å². The first-order chi connectivity index (χ1) is 16.6. The minimum atomic E-state index is -0.121. The zero-order chi connectivity index (χ0) is 26.6. The number of amides is 2. The summed E-state index contributed by atoms with van der Waals surface area (Å²) in [6.07, 6.45) is 25.5. The molecule has 0 aromatic carbocycles. The Bertz CT molecular complexity index is 792. The minimum absolute atomic E-state index is 0.121. The lowest BCUT2D eigenvalue weighted by Crippen LogP contribution is -2.62. The highest BCUT2D eigenvalue weighted by molar-refractivity contribution is 8.02. The molecular formula is C30H48N2O2S. The van der Waals surface area contributed by atoms with Crippen LogP contribution in [0.1, 0.15) is 80.1 Å². The largest absolute Gasteiger partial charge is 0.351 e. The molecule has 2 saturated carbocycles. The highest BCUT2D eigenvalue weighted by Gasteiger charge is 2.52. The maximum atomic E-state index is 12.4. The molecule has 0 radical (unpaired) electrons. The predicted molar refractivity (Wildman–Crippen MR) is 152 cm³/mol. The van der Waals surface area contributed by atoms with Gasteiger partial charge in [0.05, 0.1) is 0 Å². The first kappa shape index (κ1) is 31.1. The zero-order valence-electron chi connectivity index (χ0n) is 23.1. The Morgan fingerprint density at radius 1 is 1.14 bits per heavy atom. The monoisotopic (exact) mass is 500 g/mol. The van der Waals surface area contributed by atoms with E-state index in [0.29, 0.717) is 23.7 Å². The van der Waals surface area contributed by atoms with Gasteiger partial charge >= 0.3 is 0 Å². The van der Waals surface area contributed by atoms with Gasteiger partial charge < -0.3 is 10.2 Å². The van der Waals surface area contributed by atoms with Gasteiger partial charge in [-0.1, -0.05) is 44.1 Å². The summed E-state index contributed by atoms with van der Waals surface area (Å²) in [6.45, 7) is 14.2. The maximum absolute atomic E-state index is 12.4. The van der Waals surface area contributed by atoms with Crippen molar-refractivity contribution < 1.29 is 9.59 Å². The molecule has 0 aromatic rings. The number of carbonyl (C=O) groups excluding carboxylic acids is 2. The lowest BCUT2D eigenvalue weighted by Gasteiger charge is -2.53. The number of thioether (sulfide) groups is 1. The standard InChI is InChI=1S/C16H26N2O2.C12H20S.C2H2/c1-4-16(2,3)17-14(19)13-11-7-12(13)9-18(8-11)15(20)10-5-6-10;1-5-7-8-9-12(13-4)10-11(3)6-2;1-2/h10-13H,4-9H2,1-3H3,(H,17,19);6,8-10H,5,7H2,1-4H3;1-2H/b;9-8-,11-6+,12-10+;. The fourth-order valence-electron chi connectivity index (χ4n) is 4.44. The lowest BCUT2D eigenvalue weighted by atomic mass is 9.61. The smallest absolute Gasteiger partial charge is 0.225 e. The van der Waals surface area contributed by atoms with E-state index in [1.54, 1.807) is 11.8 Å². The van der Waals surface area contributed by atoms with Crippen LogP contribution in [0.25, 0.3) is 0 Å². The van der Waals surface area contributed by atoms with Gasteiger partial charge in [-0.3, -0.25) is 9.59 Å². The van der Waals surface area contributed by atoms with Crippen LogP contribution in [0.2, 0.25) is 0 Å². The van der Waals surface area contributed by atoms with Crippen molar-refractivity contribution in [3.8, 4) is 12.8 Å². The fourth-order valence-corrected chi connectivity index (χ4v) is 4.97. The molecule has 196 valence electrons. The van der Waals surface area contributed by atoms with Crippen molar-refractivity contribution in [1.29, 1.82) is 0 Å². The molecule has 4 nitrogen and oxygen atoms in total. The van der Waals surface area contributed by atoms with E-state index in [-0.39, 0.29) is 17.4 Å². The van der Waals surface area contributed by atoms with Crippen molar-refractivity contribution in [1.82, 2.24) is 10.2 Å². The van der Waals surface area contributed by atoms with E-state index in [2.05, 4.69) is 90.3 Å². The van der Waals surface area contributed by atoms with Gasteiger partial charge in [0, 0.05) is 35.4 Å². The Morgan fingerprint density at radius 2 is 1.74 bits per heavy atom. The molecule has 1 N–H and O–H groups in total. The second kappa shape index (κ2) is 15.2. The highest BCUT2D eigenvalue weighted by atomic mass is 32.2. The van der Waals surface area contributed by atoms with Crippen LogP contribution in [0.4, 0.5) is 0 Å². The van der Waals surface area contributed by atoms with Crippen molar-refractivity contribution in [2.24, 2.45) is 23.7 Å². The Hall–Kier alpha value is -1.93. The number of carbonyl (C=O) groups is 2. The lowest BCUT2D eigenvalue weighted by molar-refractivity contribution is -0.154.